The van der Waals surface area contributed by atoms with E-state index in [1.165, 1.54) is 19.3 Å². The lowest BCUT2D eigenvalue weighted by atomic mass is 9.77. The Balaban J connectivity index is 2.12. The number of carbonyl (C=O) groups excluding carboxylic acids is 1. The van der Waals surface area contributed by atoms with Gasteiger partial charge in [-0.25, -0.2) is 5.01 Å². The van der Waals surface area contributed by atoms with Gasteiger partial charge in [-0.15, -0.1) is 0 Å². The molecule has 2 rings (SSSR count). The standard InChI is InChI=1S/C10H18N2O/c1-11-7-8-5-3-4-6-9(8)10(13)12(11)2/h8-9H,3-7H2,1-2H3. The van der Waals surface area contributed by atoms with Crippen LogP contribution in [0.3, 0.4) is 0 Å². The summed E-state index contributed by atoms with van der Waals surface area (Å²) in [6.07, 6.45) is 4.91. The first-order valence-electron chi connectivity index (χ1n) is 5.19. The van der Waals surface area contributed by atoms with Crippen molar-refractivity contribution in [3.05, 3.63) is 0 Å². The normalized spacial score (nSPS) is 36.2. The lowest BCUT2D eigenvalue weighted by molar-refractivity contribution is -0.162. The van der Waals surface area contributed by atoms with Crippen molar-refractivity contribution in [2.45, 2.75) is 25.7 Å². The molecule has 0 spiro atoms. The van der Waals surface area contributed by atoms with E-state index in [-0.39, 0.29) is 0 Å². The summed E-state index contributed by atoms with van der Waals surface area (Å²) in [7, 11) is 3.88. The van der Waals surface area contributed by atoms with E-state index in [9.17, 15) is 4.79 Å². The third-order valence-corrected chi connectivity index (χ3v) is 3.56. The zero-order chi connectivity index (χ0) is 9.42. The minimum atomic E-state index is 0.329. The maximum absolute atomic E-state index is 11.9. The highest BCUT2D eigenvalue weighted by molar-refractivity contribution is 5.79. The van der Waals surface area contributed by atoms with Crippen molar-refractivity contribution in [1.82, 2.24) is 10.0 Å². The summed E-state index contributed by atoms with van der Waals surface area (Å²) in [5.74, 6) is 1.29. The molecular formula is C10H18N2O. The number of hydrazine groups is 1. The summed E-state index contributed by atoms with van der Waals surface area (Å²) in [6, 6.07) is 0. The van der Waals surface area contributed by atoms with Crippen LogP contribution in [0.5, 0.6) is 0 Å². The zero-order valence-corrected chi connectivity index (χ0v) is 8.49. The van der Waals surface area contributed by atoms with Crippen LogP contribution in [0, 0.1) is 11.8 Å². The minimum absolute atomic E-state index is 0.329. The lowest BCUT2D eigenvalue weighted by Gasteiger charge is -2.44. The topological polar surface area (TPSA) is 23.6 Å². The Morgan fingerprint density at radius 3 is 2.69 bits per heavy atom. The number of fused-ring (bicyclic) bond motifs is 1. The highest BCUT2D eigenvalue weighted by Gasteiger charge is 2.38. The van der Waals surface area contributed by atoms with Gasteiger partial charge < -0.3 is 0 Å². The summed E-state index contributed by atoms with van der Waals surface area (Å²) >= 11 is 0. The highest BCUT2D eigenvalue weighted by Crippen LogP contribution is 2.34. The minimum Gasteiger partial charge on any atom is -0.279 e. The number of amides is 1. The molecule has 0 N–H and O–H groups in total. The van der Waals surface area contributed by atoms with Crippen molar-refractivity contribution in [3.8, 4) is 0 Å². The van der Waals surface area contributed by atoms with Crippen LogP contribution in [0.25, 0.3) is 0 Å². The second-order valence-electron chi connectivity index (χ2n) is 4.35. The Labute approximate surface area is 79.7 Å². The van der Waals surface area contributed by atoms with Gasteiger partial charge in [-0.1, -0.05) is 12.8 Å². The van der Waals surface area contributed by atoms with Crippen molar-refractivity contribution < 1.29 is 4.79 Å². The molecule has 1 saturated carbocycles. The van der Waals surface area contributed by atoms with Gasteiger partial charge in [0.2, 0.25) is 5.91 Å². The molecule has 0 aromatic rings. The maximum atomic E-state index is 11.9. The Hall–Kier alpha value is -0.570. The number of nitrogens with zero attached hydrogens (tertiary/aromatic N) is 2. The summed E-state index contributed by atoms with van der Waals surface area (Å²) in [4.78, 5) is 11.9. The molecule has 1 saturated heterocycles. The van der Waals surface area contributed by atoms with E-state index in [4.69, 9.17) is 0 Å². The van der Waals surface area contributed by atoms with Crippen molar-refractivity contribution in [2.75, 3.05) is 20.6 Å². The number of carbonyl (C=O) groups is 1. The van der Waals surface area contributed by atoms with Crippen molar-refractivity contribution in [1.29, 1.82) is 0 Å². The molecule has 2 atom stereocenters. The second kappa shape index (κ2) is 3.29. The molecule has 3 nitrogen and oxygen atoms in total. The van der Waals surface area contributed by atoms with E-state index in [1.54, 1.807) is 5.01 Å². The first kappa shape index (κ1) is 9.00. The maximum Gasteiger partial charge on any atom is 0.240 e. The summed E-state index contributed by atoms with van der Waals surface area (Å²) in [6.45, 7) is 1.06. The van der Waals surface area contributed by atoms with Gasteiger partial charge in [-0.2, -0.15) is 0 Å². The third-order valence-electron chi connectivity index (χ3n) is 3.56. The molecule has 74 valence electrons. The quantitative estimate of drug-likeness (QED) is 0.560. The summed E-state index contributed by atoms with van der Waals surface area (Å²) in [5.41, 5.74) is 0. The van der Waals surface area contributed by atoms with Gasteiger partial charge in [0.1, 0.15) is 0 Å². The number of rotatable bonds is 0. The van der Waals surface area contributed by atoms with Crippen LogP contribution in [0.4, 0.5) is 0 Å². The van der Waals surface area contributed by atoms with Crippen LogP contribution in [0.15, 0.2) is 0 Å². The molecule has 3 heteroatoms. The van der Waals surface area contributed by atoms with Gasteiger partial charge >= 0.3 is 0 Å². The molecule has 13 heavy (non-hydrogen) atoms. The molecule has 0 aromatic carbocycles. The van der Waals surface area contributed by atoms with Crippen LogP contribution in [-0.4, -0.2) is 36.6 Å². The first-order chi connectivity index (χ1) is 6.20. The molecule has 1 aliphatic carbocycles. The monoisotopic (exact) mass is 182 g/mol. The molecule has 0 radical (unpaired) electrons. The van der Waals surface area contributed by atoms with Gasteiger partial charge in [-0.05, 0) is 18.8 Å². The van der Waals surface area contributed by atoms with E-state index in [0.717, 1.165) is 13.0 Å². The van der Waals surface area contributed by atoms with Crippen LogP contribution in [0.1, 0.15) is 25.7 Å². The van der Waals surface area contributed by atoms with Crippen molar-refractivity contribution in [2.24, 2.45) is 11.8 Å². The van der Waals surface area contributed by atoms with Crippen LogP contribution in [-0.2, 0) is 4.79 Å². The second-order valence-corrected chi connectivity index (χ2v) is 4.35. The average Bonchev–Trinajstić information content (AvgIpc) is 2.15. The van der Waals surface area contributed by atoms with E-state index in [0.29, 0.717) is 17.7 Å². The Morgan fingerprint density at radius 2 is 1.92 bits per heavy atom. The first-order valence-corrected chi connectivity index (χ1v) is 5.19. The molecule has 0 bridgehead atoms. The van der Waals surface area contributed by atoms with Crippen LogP contribution < -0.4 is 0 Å². The van der Waals surface area contributed by atoms with Gasteiger partial charge in [0.05, 0.1) is 0 Å². The largest absolute Gasteiger partial charge is 0.279 e. The number of hydrogen-bond acceptors (Lipinski definition) is 2. The summed E-state index contributed by atoms with van der Waals surface area (Å²) < 4.78 is 0. The molecule has 2 unspecified atom stereocenters. The van der Waals surface area contributed by atoms with Gasteiger partial charge in [0.25, 0.3) is 0 Å². The Bertz CT molecular complexity index is 217. The summed E-state index contributed by atoms with van der Waals surface area (Å²) in [5, 5.41) is 3.83. The van der Waals surface area contributed by atoms with E-state index in [1.807, 2.05) is 14.1 Å². The SMILES string of the molecule is CN1CC2CCCCC2C(=O)N1C. The predicted octanol–water partition coefficient (Wildman–Crippen LogP) is 1.11. The van der Waals surface area contributed by atoms with E-state index in [2.05, 4.69) is 5.01 Å². The van der Waals surface area contributed by atoms with E-state index >= 15 is 0 Å². The fourth-order valence-electron chi connectivity index (χ4n) is 2.62. The molecule has 1 amide bonds. The fourth-order valence-corrected chi connectivity index (χ4v) is 2.62. The number of hydrogen-bond donors (Lipinski definition) is 0. The molecule has 2 aliphatic rings. The molecular weight excluding hydrogens is 164 g/mol. The highest BCUT2D eigenvalue weighted by atomic mass is 16.2. The lowest BCUT2D eigenvalue weighted by Crippen LogP contribution is -2.54. The third kappa shape index (κ3) is 1.46. The van der Waals surface area contributed by atoms with Gasteiger partial charge in [0.15, 0.2) is 0 Å². The zero-order valence-electron chi connectivity index (χ0n) is 8.49. The fraction of sp³-hybridized carbons (Fsp3) is 0.900. The van der Waals surface area contributed by atoms with Gasteiger partial charge in [0, 0.05) is 26.6 Å². The van der Waals surface area contributed by atoms with Crippen LogP contribution in [0.2, 0.25) is 0 Å². The van der Waals surface area contributed by atoms with Gasteiger partial charge in [-0.3, -0.25) is 9.80 Å². The molecule has 1 aliphatic heterocycles. The molecule has 0 aromatic heterocycles. The smallest absolute Gasteiger partial charge is 0.240 e. The molecule has 2 fully saturated rings. The van der Waals surface area contributed by atoms with Crippen molar-refractivity contribution >= 4 is 5.91 Å². The Morgan fingerprint density at radius 1 is 1.23 bits per heavy atom. The van der Waals surface area contributed by atoms with E-state index < -0.39 is 0 Å². The van der Waals surface area contributed by atoms with Crippen molar-refractivity contribution in [3.63, 3.8) is 0 Å². The Kier molecular flexibility index (Phi) is 2.28. The predicted molar refractivity (Wildman–Crippen MR) is 50.8 cm³/mol. The van der Waals surface area contributed by atoms with Crippen LogP contribution >= 0.6 is 0 Å². The molecule has 1 heterocycles. The average molecular weight is 182 g/mol.